The van der Waals surface area contributed by atoms with E-state index in [1.165, 1.54) is 47.8 Å². The molecule has 12 nitrogen and oxygen atoms in total. The third-order valence-corrected chi connectivity index (χ3v) is 14.9. The van der Waals surface area contributed by atoms with E-state index in [0.29, 0.717) is 40.8 Å². The first-order valence-electron chi connectivity index (χ1n) is 20.4. The van der Waals surface area contributed by atoms with Gasteiger partial charge in [0.15, 0.2) is 6.54 Å². The largest absolute Gasteiger partial charge is 0.409 e. The Kier molecular flexibility index (Phi) is 11.3. The van der Waals surface area contributed by atoms with E-state index in [9.17, 15) is 31.5 Å². The van der Waals surface area contributed by atoms with E-state index >= 15 is 0 Å². The molecule has 19 heteroatoms. The Morgan fingerprint density at radius 2 is 1.21 bits per heavy atom. The highest BCUT2D eigenvalue weighted by Gasteiger charge is 2.48. The number of nitrogens with zero attached hydrogens (tertiary/aromatic N) is 9. The van der Waals surface area contributed by atoms with Gasteiger partial charge in [0.05, 0.1) is 58.4 Å². The van der Waals surface area contributed by atoms with Crippen molar-refractivity contribution >= 4 is 47.2 Å². The second kappa shape index (κ2) is 16.8. The summed E-state index contributed by atoms with van der Waals surface area (Å²) in [4.78, 5) is 26.5. The normalized spacial score (nSPS) is 22.7. The molecule has 4 atom stereocenters. The number of allylic oxidation sites excluding steroid dienone is 2. The van der Waals surface area contributed by atoms with Crippen LogP contribution in [-0.2, 0) is 29.0 Å². The number of carbonyl (C=O) groups excluding carboxylic acids is 2. The average molecular weight is 901 g/mol. The molecule has 326 valence electrons. The van der Waals surface area contributed by atoms with Gasteiger partial charge >= 0.3 is 6.18 Å². The first-order valence-corrected chi connectivity index (χ1v) is 22.2. The van der Waals surface area contributed by atoms with Crippen molar-refractivity contribution < 1.29 is 31.5 Å². The number of hydrogen-bond donors (Lipinski definition) is 1. The topological polar surface area (TPSA) is 142 Å². The molecule has 4 aliphatic carbocycles. The zero-order chi connectivity index (χ0) is 44.1. The number of Topliss-reactive ketones (excluding diaryl/α,β-unsaturated/α-hetero) is 2. The fraction of sp³-hybridized carbons (Fsp3) is 0.364. The van der Waals surface area contributed by atoms with Crippen LogP contribution in [0.4, 0.5) is 22.0 Å². The van der Waals surface area contributed by atoms with Crippen molar-refractivity contribution in [3.8, 4) is 11.4 Å². The molecule has 4 heterocycles. The number of nitrogens with one attached hydrogen (secondary N) is 1. The molecule has 0 spiro atoms. The second-order valence-corrected chi connectivity index (χ2v) is 19.1. The standard InChI is InChI=1S/C23H21F4N5OS.C21H20FN5OS/c1-14(33)22-9-15-11-29-32(18-5-3-17(24)4-6-18)20(15)8-16(22)2-7-19(10-22)34-21-12-28-31(30-21)13-23(25,26)27;1-13(28)21-9-14-11-24-27(17-5-3-16(22)4-6-17)19(14)8-15(21)2-7-18(10-21)29-20-12-23-26-25-20/h3-6,8,11-12,19H,2,7,9-10,13H2,1H3;3-6,8,11-12,18H,2,7,9-10H2,1H3,(H,23,25,26)/t19-,22+;18-,21+/m00/s1. The van der Waals surface area contributed by atoms with Crippen LogP contribution < -0.4 is 0 Å². The molecule has 6 aromatic rings. The highest BCUT2D eigenvalue weighted by Crippen LogP contribution is 2.53. The number of fused-ring (bicyclic) bond motifs is 4. The van der Waals surface area contributed by atoms with Gasteiger partial charge in [0.2, 0.25) is 0 Å². The lowest BCUT2D eigenvalue weighted by molar-refractivity contribution is -0.145. The van der Waals surface area contributed by atoms with Crippen molar-refractivity contribution in [3.05, 3.63) is 119 Å². The summed E-state index contributed by atoms with van der Waals surface area (Å²) in [5, 5.41) is 29.0. The maximum Gasteiger partial charge on any atom is 0.409 e. The van der Waals surface area contributed by atoms with Gasteiger partial charge in [-0.25, -0.2) is 18.1 Å². The summed E-state index contributed by atoms with van der Waals surface area (Å²) in [5.41, 5.74) is 6.48. The van der Waals surface area contributed by atoms with Gasteiger partial charge < -0.3 is 0 Å². The molecule has 2 fully saturated rings. The molecular formula is C44H41F5N10O2S2. The van der Waals surface area contributed by atoms with Crippen molar-refractivity contribution in [2.24, 2.45) is 10.8 Å². The smallest absolute Gasteiger partial charge is 0.299 e. The minimum atomic E-state index is -4.39. The molecule has 4 aromatic heterocycles. The van der Waals surface area contributed by atoms with E-state index in [1.807, 2.05) is 17.0 Å². The van der Waals surface area contributed by atoms with Gasteiger partial charge in [-0.1, -0.05) is 34.7 Å². The molecule has 2 aromatic carbocycles. The summed E-state index contributed by atoms with van der Waals surface area (Å²) in [5.74, 6) is -0.334. The van der Waals surface area contributed by atoms with Crippen LogP contribution in [0, 0.1) is 22.5 Å². The molecule has 1 N–H and O–H groups in total. The van der Waals surface area contributed by atoms with Crippen LogP contribution in [0.1, 0.15) is 74.9 Å². The quantitative estimate of drug-likeness (QED) is 0.140. The third kappa shape index (κ3) is 8.56. The van der Waals surface area contributed by atoms with Gasteiger partial charge in [0.1, 0.15) is 33.3 Å². The Morgan fingerprint density at radius 3 is 1.65 bits per heavy atom. The molecule has 0 bridgehead atoms. The molecule has 0 amide bonds. The summed E-state index contributed by atoms with van der Waals surface area (Å²) in [6, 6.07) is 12.4. The van der Waals surface area contributed by atoms with Gasteiger partial charge in [-0.3, -0.25) is 9.59 Å². The molecule has 4 aliphatic rings. The fourth-order valence-electron chi connectivity index (χ4n) is 9.42. The predicted octanol–water partition coefficient (Wildman–Crippen LogP) is 9.01. The van der Waals surface area contributed by atoms with E-state index in [-0.39, 0.29) is 28.5 Å². The zero-order valence-electron chi connectivity index (χ0n) is 34.1. The van der Waals surface area contributed by atoms with E-state index in [2.05, 4.69) is 41.9 Å². The van der Waals surface area contributed by atoms with E-state index in [1.54, 1.807) is 67.0 Å². The number of aromatic nitrogens is 10. The number of rotatable bonds is 9. The maximum absolute atomic E-state index is 13.4. The molecule has 0 radical (unpaired) electrons. The van der Waals surface area contributed by atoms with Gasteiger partial charge in [-0.2, -0.15) is 43.6 Å². The van der Waals surface area contributed by atoms with Crippen LogP contribution in [0.3, 0.4) is 0 Å². The SMILES string of the molecule is CC(=O)[C@]12Cc3cnn(-c4ccc(F)cc4)c3C=C1CC[C@H](Sc1cn[nH]n1)C2.CC(=O)[C@]12Cc3cnn(-c4ccc(F)cc4)c3C=C1CC[C@H](Sc1cnn(CC(F)(F)F)n1)C2. The zero-order valence-corrected chi connectivity index (χ0v) is 35.8. The summed E-state index contributed by atoms with van der Waals surface area (Å²) >= 11 is 3.06. The van der Waals surface area contributed by atoms with Crippen molar-refractivity contribution in [2.75, 3.05) is 0 Å². The van der Waals surface area contributed by atoms with Crippen LogP contribution in [0.25, 0.3) is 23.5 Å². The lowest BCUT2D eigenvalue weighted by Gasteiger charge is -2.43. The van der Waals surface area contributed by atoms with E-state index in [4.69, 9.17) is 0 Å². The van der Waals surface area contributed by atoms with Crippen molar-refractivity contribution in [2.45, 2.75) is 98.5 Å². The van der Waals surface area contributed by atoms with Crippen molar-refractivity contribution in [3.63, 3.8) is 0 Å². The molecule has 2 saturated carbocycles. The maximum atomic E-state index is 13.4. The van der Waals surface area contributed by atoms with Gasteiger partial charge in [-0.15, -0.1) is 10.2 Å². The van der Waals surface area contributed by atoms with Crippen LogP contribution in [0.15, 0.2) is 94.5 Å². The monoisotopic (exact) mass is 900 g/mol. The lowest BCUT2D eigenvalue weighted by atomic mass is 9.62. The van der Waals surface area contributed by atoms with Crippen molar-refractivity contribution in [1.82, 2.24) is 50.0 Å². The number of thioether (sulfide) groups is 2. The Hall–Kier alpha value is -5.69. The first-order chi connectivity index (χ1) is 30.2. The van der Waals surface area contributed by atoms with Crippen molar-refractivity contribution in [1.29, 1.82) is 0 Å². The van der Waals surface area contributed by atoms with Gasteiger partial charge in [0.25, 0.3) is 0 Å². The number of aromatic amines is 1. The summed E-state index contributed by atoms with van der Waals surface area (Å²) < 4.78 is 68.1. The number of alkyl halides is 3. The number of H-pyrrole nitrogens is 1. The molecule has 0 unspecified atom stereocenters. The molecule has 0 saturated heterocycles. The van der Waals surface area contributed by atoms with Crippen LogP contribution in [-0.4, -0.2) is 78.2 Å². The van der Waals surface area contributed by atoms with Crippen LogP contribution in [0.5, 0.6) is 0 Å². The highest BCUT2D eigenvalue weighted by molar-refractivity contribution is 8.00. The molecule has 10 rings (SSSR count). The van der Waals surface area contributed by atoms with Crippen LogP contribution in [0.2, 0.25) is 0 Å². The Labute approximate surface area is 366 Å². The highest BCUT2D eigenvalue weighted by atomic mass is 32.2. The first kappa shape index (κ1) is 42.6. The third-order valence-electron chi connectivity index (χ3n) is 12.5. The number of carbonyl (C=O) groups is 2. The predicted molar refractivity (Wildman–Crippen MR) is 226 cm³/mol. The minimum Gasteiger partial charge on any atom is -0.299 e. The van der Waals surface area contributed by atoms with Gasteiger partial charge in [0, 0.05) is 10.5 Å². The molecule has 63 heavy (non-hydrogen) atoms. The number of ketones is 2. The molecular weight excluding hydrogens is 860 g/mol. The van der Waals surface area contributed by atoms with E-state index < -0.39 is 23.6 Å². The van der Waals surface area contributed by atoms with Gasteiger partial charge in [-0.05, 0) is 137 Å². The Balaban J connectivity index is 0.000000162. The molecule has 0 aliphatic heterocycles. The summed E-state index contributed by atoms with van der Waals surface area (Å²) in [6.45, 7) is 2.06. The number of benzene rings is 2. The summed E-state index contributed by atoms with van der Waals surface area (Å²) in [6.07, 6.45) is 12.2. The Morgan fingerprint density at radius 1 is 0.714 bits per heavy atom. The summed E-state index contributed by atoms with van der Waals surface area (Å²) in [7, 11) is 0. The minimum absolute atomic E-state index is 0.0192. The second-order valence-electron chi connectivity index (χ2n) is 16.5. The number of halogens is 5. The lowest BCUT2D eigenvalue weighted by Crippen LogP contribution is -2.41. The Bertz CT molecular complexity index is 2720. The average Bonchev–Trinajstić information content (AvgIpc) is 4.08. The number of hydrogen-bond acceptors (Lipinski definition) is 10. The fourth-order valence-corrected chi connectivity index (χ4v) is 11.8. The van der Waals surface area contributed by atoms with Crippen LogP contribution >= 0.6 is 23.5 Å². The van der Waals surface area contributed by atoms with E-state index in [0.717, 1.165) is 70.2 Å².